The SMILES string of the molecule is CCCOc1ccc(C2CCC(OC(=O)C3CCC(c4ccc(-c5ccc(OCC)c(F)c5F)c(F)c4F)CC3)CC2)c(F)c1F. The maximum Gasteiger partial charge on any atom is 0.309 e. The summed E-state index contributed by atoms with van der Waals surface area (Å²) < 4.78 is 105. The summed E-state index contributed by atoms with van der Waals surface area (Å²) in [6, 6.07) is 8.01. The van der Waals surface area contributed by atoms with Crippen molar-refractivity contribution in [2.24, 2.45) is 5.92 Å². The van der Waals surface area contributed by atoms with Gasteiger partial charge in [0.05, 0.1) is 19.1 Å². The smallest absolute Gasteiger partial charge is 0.309 e. The minimum atomic E-state index is -1.32. The Kier molecular flexibility index (Phi) is 10.8. The standard InChI is InChI=1S/C36H38F6O4/c1-3-19-45-29-17-15-25(31(38)35(29)42)21-9-11-23(12-10-21)46-36(43)22-7-5-20(6-8-22)24-13-14-26(32(39)30(24)37)27-16-18-28(44-4-2)34(41)33(27)40/h13-18,20-23H,3-12,19H2,1-2H3. The molecular formula is C36H38F6O4. The van der Waals surface area contributed by atoms with Crippen LogP contribution in [0.4, 0.5) is 26.3 Å². The van der Waals surface area contributed by atoms with Gasteiger partial charge in [0.25, 0.3) is 0 Å². The van der Waals surface area contributed by atoms with Gasteiger partial charge in [0.1, 0.15) is 6.10 Å². The summed E-state index contributed by atoms with van der Waals surface area (Å²) in [5.74, 6) is -8.52. The average Bonchev–Trinajstić information content (AvgIpc) is 3.06. The zero-order valence-electron chi connectivity index (χ0n) is 26.0. The maximum absolute atomic E-state index is 15.2. The van der Waals surface area contributed by atoms with Crippen LogP contribution in [0.5, 0.6) is 11.5 Å². The Morgan fingerprint density at radius 2 is 1.09 bits per heavy atom. The fourth-order valence-corrected chi connectivity index (χ4v) is 6.67. The number of esters is 1. The molecule has 0 atom stereocenters. The fraction of sp³-hybridized carbons (Fsp3) is 0.472. The lowest BCUT2D eigenvalue weighted by Gasteiger charge is -2.32. The molecule has 2 aliphatic rings. The summed E-state index contributed by atoms with van der Waals surface area (Å²) in [4.78, 5) is 13.0. The number of hydrogen-bond acceptors (Lipinski definition) is 4. The fourth-order valence-electron chi connectivity index (χ4n) is 6.67. The molecular weight excluding hydrogens is 610 g/mol. The molecule has 2 saturated carbocycles. The highest BCUT2D eigenvalue weighted by molar-refractivity contribution is 5.73. The molecule has 0 bridgehead atoms. The Labute approximate surface area is 265 Å². The third-order valence-electron chi connectivity index (χ3n) is 9.18. The van der Waals surface area contributed by atoms with Crippen LogP contribution in [0.25, 0.3) is 11.1 Å². The van der Waals surface area contributed by atoms with E-state index >= 15 is 8.78 Å². The maximum atomic E-state index is 15.2. The number of hydrogen-bond donors (Lipinski definition) is 0. The first-order valence-corrected chi connectivity index (χ1v) is 16.0. The number of halogens is 6. The summed E-state index contributed by atoms with van der Waals surface area (Å²) >= 11 is 0. The summed E-state index contributed by atoms with van der Waals surface area (Å²) in [6.07, 6.45) is 4.21. The molecule has 248 valence electrons. The van der Waals surface area contributed by atoms with E-state index in [1.165, 1.54) is 24.3 Å². The van der Waals surface area contributed by atoms with Gasteiger partial charge in [-0.05, 0) is 106 Å². The van der Waals surface area contributed by atoms with Crippen molar-refractivity contribution in [1.29, 1.82) is 0 Å². The quantitative estimate of drug-likeness (QED) is 0.162. The average molecular weight is 649 g/mol. The molecule has 46 heavy (non-hydrogen) atoms. The van der Waals surface area contributed by atoms with Gasteiger partial charge in [-0.15, -0.1) is 0 Å². The summed E-state index contributed by atoms with van der Waals surface area (Å²) in [5.41, 5.74) is -0.361. The van der Waals surface area contributed by atoms with Crippen molar-refractivity contribution in [2.45, 2.75) is 89.6 Å². The largest absolute Gasteiger partial charge is 0.491 e. The summed E-state index contributed by atoms with van der Waals surface area (Å²) in [5, 5.41) is 0. The predicted octanol–water partition coefficient (Wildman–Crippen LogP) is 9.92. The van der Waals surface area contributed by atoms with Crippen molar-refractivity contribution in [3.63, 3.8) is 0 Å². The van der Waals surface area contributed by atoms with Gasteiger partial charge in [0.15, 0.2) is 34.8 Å². The highest BCUT2D eigenvalue weighted by Gasteiger charge is 2.34. The van der Waals surface area contributed by atoms with E-state index in [-0.39, 0.29) is 53.5 Å². The van der Waals surface area contributed by atoms with Gasteiger partial charge in [-0.3, -0.25) is 4.79 Å². The van der Waals surface area contributed by atoms with Crippen LogP contribution in [0.1, 0.15) is 94.6 Å². The van der Waals surface area contributed by atoms with E-state index in [0.29, 0.717) is 70.0 Å². The zero-order valence-corrected chi connectivity index (χ0v) is 26.0. The molecule has 0 aliphatic heterocycles. The second-order valence-corrected chi connectivity index (χ2v) is 12.1. The minimum Gasteiger partial charge on any atom is -0.491 e. The number of carbonyl (C=O) groups is 1. The van der Waals surface area contributed by atoms with Crippen molar-refractivity contribution >= 4 is 5.97 Å². The monoisotopic (exact) mass is 648 g/mol. The van der Waals surface area contributed by atoms with Crippen molar-refractivity contribution in [2.75, 3.05) is 13.2 Å². The van der Waals surface area contributed by atoms with Crippen LogP contribution in [-0.2, 0) is 9.53 Å². The number of rotatable bonds is 10. The summed E-state index contributed by atoms with van der Waals surface area (Å²) in [6.45, 7) is 3.91. The van der Waals surface area contributed by atoms with Crippen LogP contribution in [0.2, 0.25) is 0 Å². The first-order valence-electron chi connectivity index (χ1n) is 16.0. The van der Waals surface area contributed by atoms with E-state index in [1.807, 2.05) is 6.92 Å². The van der Waals surface area contributed by atoms with Crippen LogP contribution < -0.4 is 9.47 Å². The minimum absolute atomic E-state index is 0.0960. The lowest BCUT2D eigenvalue weighted by atomic mass is 9.78. The van der Waals surface area contributed by atoms with Gasteiger partial charge in [-0.25, -0.2) is 17.6 Å². The van der Waals surface area contributed by atoms with Gasteiger partial charge in [0, 0.05) is 11.1 Å². The third-order valence-corrected chi connectivity index (χ3v) is 9.18. The highest BCUT2D eigenvalue weighted by atomic mass is 19.2. The molecule has 2 aliphatic carbocycles. The van der Waals surface area contributed by atoms with Crippen LogP contribution in [0.15, 0.2) is 36.4 Å². The normalized spacial score (nSPS) is 21.6. The number of carbonyl (C=O) groups excluding carboxylic acids is 1. The van der Waals surface area contributed by atoms with E-state index < -0.39 is 46.0 Å². The topological polar surface area (TPSA) is 44.8 Å². The van der Waals surface area contributed by atoms with Crippen molar-refractivity contribution in [3.05, 3.63) is 82.4 Å². The molecule has 0 aromatic heterocycles. The van der Waals surface area contributed by atoms with Crippen LogP contribution in [-0.4, -0.2) is 25.3 Å². The van der Waals surface area contributed by atoms with E-state index in [9.17, 15) is 22.4 Å². The predicted molar refractivity (Wildman–Crippen MR) is 161 cm³/mol. The van der Waals surface area contributed by atoms with E-state index in [1.54, 1.807) is 13.0 Å². The van der Waals surface area contributed by atoms with Crippen LogP contribution >= 0.6 is 0 Å². The van der Waals surface area contributed by atoms with Crippen LogP contribution in [0.3, 0.4) is 0 Å². The van der Waals surface area contributed by atoms with Gasteiger partial charge >= 0.3 is 5.97 Å². The molecule has 0 heterocycles. The first-order chi connectivity index (χ1) is 22.1. The summed E-state index contributed by atoms with van der Waals surface area (Å²) in [7, 11) is 0. The molecule has 0 unspecified atom stereocenters. The molecule has 4 nitrogen and oxygen atoms in total. The Bertz CT molecular complexity index is 1540. The van der Waals surface area contributed by atoms with Gasteiger partial charge < -0.3 is 14.2 Å². The lowest BCUT2D eigenvalue weighted by molar-refractivity contribution is -0.157. The molecule has 3 aromatic rings. The Morgan fingerprint density at radius 1 is 0.609 bits per heavy atom. The zero-order chi connectivity index (χ0) is 33.0. The molecule has 0 N–H and O–H groups in total. The van der Waals surface area contributed by atoms with E-state index in [2.05, 4.69) is 0 Å². The molecule has 2 fully saturated rings. The molecule has 10 heteroatoms. The van der Waals surface area contributed by atoms with Crippen molar-refractivity contribution in [3.8, 4) is 22.6 Å². The second-order valence-electron chi connectivity index (χ2n) is 12.1. The molecule has 5 rings (SSSR count). The van der Waals surface area contributed by atoms with Gasteiger partial charge in [-0.1, -0.05) is 25.1 Å². The number of benzene rings is 3. The molecule has 0 spiro atoms. The second kappa shape index (κ2) is 14.8. The van der Waals surface area contributed by atoms with Gasteiger partial charge in [0.2, 0.25) is 11.6 Å². The van der Waals surface area contributed by atoms with Crippen LogP contribution in [0, 0.1) is 40.8 Å². The van der Waals surface area contributed by atoms with Crippen molar-refractivity contribution in [1.82, 2.24) is 0 Å². The number of ether oxygens (including phenoxy) is 3. The Hall–Kier alpha value is -3.69. The Morgan fingerprint density at radius 3 is 1.70 bits per heavy atom. The Balaban J connectivity index is 1.14. The van der Waals surface area contributed by atoms with Crippen molar-refractivity contribution < 1.29 is 45.3 Å². The third kappa shape index (κ3) is 7.00. The lowest BCUT2D eigenvalue weighted by Crippen LogP contribution is -2.30. The molecule has 0 amide bonds. The highest BCUT2D eigenvalue weighted by Crippen LogP contribution is 2.42. The first kappa shape index (κ1) is 33.7. The molecule has 0 saturated heterocycles. The van der Waals surface area contributed by atoms with Gasteiger partial charge in [-0.2, -0.15) is 8.78 Å². The van der Waals surface area contributed by atoms with E-state index in [0.717, 1.165) is 6.07 Å². The van der Waals surface area contributed by atoms with E-state index in [4.69, 9.17) is 14.2 Å². The molecule has 3 aromatic carbocycles. The molecule has 0 radical (unpaired) electrons.